The number of amides is 4. The molecule has 3 fully saturated rings. The van der Waals surface area contributed by atoms with Crippen LogP contribution in [0.5, 0.6) is 0 Å². The minimum Gasteiger partial charge on any atom is -0.368 e. The molecule has 6 aromatic rings. The number of likely N-dealkylation sites (tertiary alicyclic amines) is 1. The number of H-pyrrole nitrogens is 1. The van der Waals surface area contributed by atoms with Gasteiger partial charge in [-0.05, 0) is 78.1 Å². The molecule has 364 valence electrons. The number of carbonyl (C=O) groups excluding carboxylic acids is 4. The Morgan fingerprint density at radius 1 is 0.843 bits per heavy atom. The van der Waals surface area contributed by atoms with E-state index in [1.54, 1.807) is 40.3 Å². The molecule has 7 heterocycles. The topological polar surface area (TPSA) is 228 Å². The molecule has 9 rings (SSSR count). The number of piperazine rings is 1. The van der Waals surface area contributed by atoms with Crippen LogP contribution in [0, 0.1) is 5.41 Å². The van der Waals surface area contributed by atoms with Crippen molar-refractivity contribution in [2.45, 2.75) is 71.5 Å². The zero-order chi connectivity index (χ0) is 48.8. The second kappa shape index (κ2) is 21.1. The van der Waals surface area contributed by atoms with Crippen LogP contribution < -0.4 is 31.7 Å². The Hall–Kier alpha value is -7.38. The normalized spacial score (nSPS) is 18.0. The molecule has 5 aromatic heterocycles. The van der Waals surface area contributed by atoms with Crippen molar-refractivity contribution >= 4 is 46.0 Å². The summed E-state index contributed by atoms with van der Waals surface area (Å²) in [5.41, 5.74) is 8.35. The molecule has 70 heavy (non-hydrogen) atoms. The fourth-order valence-electron chi connectivity index (χ4n) is 9.40. The molecule has 1 saturated carbocycles. The molecule has 1 aliphatic carbocycles. The molecule has 19 nitrogen and oxygen atoms in total. The molecule has 2 aliphatic heterocycles. The van der Waals surface area contributed by atoms with E-state index in [4.69, 9.17) is 0 Å². The standard InChI is InChI=1S/C51H60N14O5/c1-4-33-7-6-8-36(21-33)37-24-43(58-45(66)30-56-44-25-51(44)12-15-62(3)46(67)26-51)47(57-28-37)50(70)52-13-11-38-32-65(61-60-38)16-14-53-49(69)40-10-9-39(29-55-40)64-19-17-63(18-20-64)31-34-22-42-41(54-27-34)23-35(5-2)48(68)59-42/h6-10,21-24,27-29,32,44,56H,4-5,11-20,25-26,30-31H2,1-3H3,(H,52,70)(H,53,69)(H,58,66)(H,59,68). The SMILES string of the molecule is CCc1cccc(-c2cnc(C(=O)NCCc3cn(CCNC(=O)c4ccc(N5CCN(Cc6cnc7cc(CC)c(=O)[nH]c7c6)CC5)cn4)nn3)c(NC(=O)CNC3CC34CCN(C)C(=O)C4)c2)c1. The van der Waals surface area contributed by atoms with Crippen LogP contribution in [0.2, 0.25) is 0 Å². The van der Waals surface area contributed by atoms with Crippen LogP contribution in [-0.4, -0.2) is 134 Å². The first-order chi connectivity index (χ1) is 33.9. The highest BCUT2D eigenvalue weighted by Gasteiger charge is 2.56. The minimum absolute atomic E-state index is 0.0377. The van der Waals surface area contributed by atoms with Crippen LogP contribution in [0.4, 0.5) is 11.4 Å². The lowest BCUT2D eigenvalue weighted by Gasteiger charge is -2.36. The summed E-state index contributed by atoms with van der Waals surface area (Å²) in [5, 5.41) is 20.5. The Bertz CT molecular complexity index is 2950. The van der Waals surface area contributed by atoms with E-state index < -0.39 is 5.91 Å². The van der Waals surface area contributed by atoms with Gasteiger partial charge in [0.1, 0.15) is 5.69 Å². The van der Waals surface area contributed by atoms with E-state index in [-0.39, 0.29) is 53.5 Å². The van der Waals surface area contributed by atoms with E-state index in [0.717, 1.165) is 103 Å². The fourth-order valence-corrected chi connectivity index (χ4v) is 9.40. The zero-order valence-electron chi connectivity index (χ0n) is 40.0. The number of anilines is 2. The number of hydrogen-bond donors (Lipinski definition) is 5. The van der Waals surface area contributed by atoms with Crippen LogP contribution in [0.25, 0.3) is 22.2 Å². The molecular formula is C51H60N14O5. The second-order valence-corrected chi connectivity index (χ2v) is 18.6. The third kappa shape index (κ3) is 11.2. The zero-order valence-corrected chi connectivity index (χ0v) is 40.0. The minimum atomic E-state index is -0.445. The maximum Gasteiger partial charge on any atom is 0.272 e. The molecule has 2 atom stereocenters. The van der Waals surface area contributed by atoms with Gasteiger partial charge in [0, 0.05) is 108 Å². The lowest BCUT2D eigenvalue weighted by molar-refractivity contribution is -0.134. The van der Waals surface area contributed by atoms with Crippen LogP contribution in [0.15, 0.2) is 84.2 Å². The van der Waals surface area contributed by atoms with Gasteiger partial charge in [-0.3, -0.25) is 38.5 Å². The summed E-state index contributed by atoms with van der Waals surface area (Å²) in [7, 11) is 1.82. The number of nitrogens with zero attached hydrogens (tertiary/aromatic N) is 9. The van der Waals surface area contributed by atoms with Crippen molar-refractivity contribution in [1.29, 1.82) is 0 Å². The molecular weight excluding hydrogens is 889 g/mol. The Kier molecular flexibility index (Phi) is 14.4. The smallest absolute Gasteiger partial charge is 0.272 e. The van der Waals surface area contributed by atoms with Gasteiger partial charge in [-0.1, -0.05) is 43.3 Å². The van der Waals surface area contributed by atoms with Crippen molar-refractivity contribution in [2.24, 2.45) is 5.41 Å². The predicted molar refractivity (Wildman–Crippen MR) is 265 cm³/mol. The first kappa shape index (κ1) is 47.7. The maximum atomic E-state index is 13.6. The number of piperidine rings is 1. The van der Waals surface area contributed by atoms with E-state index in [1.807, 2.05) is 50.5 Å². The van der Waals surface area contributed by atoms with Gasteiger partial charge in [-0.2, -0.15) is 0 Å². The second-order valence-electron chi connectivity index (χ2n) is 18.6. The summed E-state index contributed by atoms with van der Waals surface area (Å²) in [5.74, 6) is -0.907. The molecule has 0 bridgehead atoms. The highest BCUT2D eigenvalue weighted by molar-refractivity contribution is 6.03. The molecule has 1 aromatic carbocycles. The number of aryl methyl sites for hydroxylation is 2. The summed E-state index contributed by atoms with van der Waals surface area (Å²) >= 11 is 0. The van der Waals surface area contributed by atoms with Crippen molar-refractivity contribution in [1.82, 2.24) is 60.7 Å². The maximum absolute atomic E-state index is 13.6. The van der Waals surface area contributed by atoms with Gasteiger partial charge < -0.3 is 36.1 Å². The Morgan fingerprint density at radius 3 is 2.47 bits per heavy atom. The highest BCUT2D eigenvalue weighted by atomic mass is 16.2. The summed E-state index contributed by atoms with van der Waals surface area (Å²) in [6, 6.07) is 17.5. The van der Waals surface area contributed by atoms with E-state index in [1.165, 1.54) is 0 Å². The third-order valence-corrected chi connectivity index (χ3v) is 13.8. The van der Waals surface area contributed by atoms with E-state index >= 15 is 0 Å². The molecule has 2 saturated heterocycles. The van der Waals surface area contributed by atoms with Crippen molar-refractivity contribution in [3.63, 3.8) is 0 Å². The largest absolute Gasteiger partial charge is 0.368 e. The predicted octanol–water partition coefficient (Wildman–Crippen LogP) is 3.36. The number of fused-ring (bicyclic) bond motifs is 1. The van der Waals surface area contributed by atoms with Gasteiger partial charge in [0.25, 0.3) is 17.4 Å². The van der Waals surface area contributed by atoms with Gasteiger partial charge in [0.05, 0.1) is 47.4 Å². The highest BCUT2D eigenvalue weighted by Crippen LogP contribution is 2.54. The summed E-state index contributed by atoms with van der Waals surface area (Å²) in [4.78, 5) is 87.5. The lowest BCUT2D eigenvalue weighted by Crippen LogP contribution is -2.46. The molecule has 0 radical (unpaired) electrons. The molecule has 5 N–H and O–H groups in total. The van der Waals surface area contributed by atoms with Crippen LogP contribution in [0.1, 0.15) is 76.5 Å². The van der Waals surface area contributed by atoms with E-state index in [2.05, 4.69) is 80.4 Å². The van der Waals surface area contributed by atoms with E-state index in [9.17, 15) is 24.0 Å². The van der Waals surface area contributed by atoms with Gasteiger partial charge in [0.2, 0.25) is 11.8 Å². The van der Waals surface area contributed by atoms with Gasteiger partial charge >= 0.3 is 0 Å². The Labute approximate surface area is 405 Å². The van der Waals surface area contributed by atoms with Gasteiger partial charge in [-0.25, -0.2) is 9.97 Å². The summed E-state index contributed by atoms with van der Waals surface area (Å²) < 4.78 is 1.64. The monoisotopic (exact) mass is 948 g/mol. The number of nitrogens with one attached hydrogen (secondary N) is 5. The molecule has 19 heteroatoms. The fraction of sp³-hybridized carbons (Fsp3) is 0.412. The van der Waals surface area contributed by atoms with E-state index in [0.29, 0.717) is 49.4 Å². The quantitative estimate of drug-likeness (QED) is 0.0834. The summed E-state index contributed by atoms with van der Waals surface area (Å²) in [6.45, 7) is 9.77. The lowest BCUT2D eigenvalue weighted by atomic mass is 9.92. The van der Waals surface area contributed by atoms with Crippen LogP contribution in [-0.2, 0) is 41.9 Å². The average molecular weight is 949 g/mol. The number of carbonyl (C=O) groups is 4. The number of pyridine rings is 4. The Balaban J connectivity index is 0.718. The van der Waals surface area contributed by atoms with Crippen molar-refractivity contribution in [3.05, 3.63) is 124 Å². The van der Waals surface area contributed by atoms with Crippen molar-refractivity contribution in [2.75, 3.05) is 69.6 Å². The number of aromatic nitrogens is 7. The molecule has 4 amide bonds. The van der Waals surface area contributed by atoms with Gasteiger partial charge in [0.15, 0.2) is 5.69 Å². The van der Waals surface area contributed by atoms with Gasteiger partial charge in [-0.15, -0.1) is 5.10 Å². The van der Waals surface area contributed by atoms with Crippen LogP contribution in [0.3, 0.4) is 0 Å². The first-order valence-electron chi connectivity index (χ1n) is 24.2. The molecule has 2 unspecified atom stereocenters. The number of aromatic amines is 1. The van der Waals surface area contributed by atoms with Crippen LogP contribution >= 0.6 is 0 Å². The molecule has 1 spiro atoms. The average Bonchev–Trinajstić information content (AvgIpc) is 3.84. The molecule has 3 aliphatic rings. The van der Waals surface area contributed by atoms with Crippen molar-refractivity contribution in [3.8, 4) is 11.1 Å². The Morgan fingerprint density at radius 2 is 1.69 bits per heavy atom. The number of rotatable bonds is 18. The number of hydrogen-bond acceptors (Lipinski definition) is 13. The van der Waals surface area contributed by atoms with Crippen molar-refractivity contribution < 1.29 is 19.2 Å². The summed E-state index contributed by atoms with van der Waals surface area (Å²) in [6.07, 6.45) is 11.2. The third-order valence-electron chi connectivity index (χ3n) is 13.8. The number of benzene rings is 1. The first-order valence-corrected chi connectivity index (χ1v) is 24.2.